The van der Waals surface area contributed by atoms with Crippen molar-refractivity contribution in [1.82, 2.24) is 0 Å². The molecule has 0 aromatic carbocycles. The van der Waals surface area contributed by atoms with E-state index in [1.807, 2.05) is 6.08 Å². The van der Waals surface area contributed by atoms with Crippen LogP contribution in [0.4, 0.5) is 0 Å². The molecule has 134 valence electrons. The van der Waals surface area contributed by atoms with Crippen LogP contribution in [0.15, 0.2) is 23.8 Å². The van der Waals surface area contributed by atoms with Gasteiger partial charge in [-0.05, 0) is 60.4 Å². The molecule has 0 N–H and O–H groups in total. The molecule has 0 aromatic heterocycles. The van der Waals surface area contributed by atoms with Crippen molar-refractivity contribution in [3.05, 3.63) is 23.8 Å². The van der Waals surface area contributed by atoms with Gasteiger partial charge in [-0.2, -0.15) is 50.5 Å². The Bertz CT molecular complexity index is 383. The Morgan fingerprint density at radius 3 is 2.30 bits per heavy atom. The maximum Gasteiger partial charge on any atom is 0.331 e. The third-order valence-electron chi connectivity index (χ3n) is 3.80. The third kappa shape index (κ3) is 10.7. The predicted octanol–water partition coefficient (Wildman–Crippen LogP) is 4.40. The van der Waals surface area contributed by atoms with Gasteiger partial charge in [0, 0.05) is 11.8 Å². The molecular formula is C17H30O2S4. The van der Waals surface area contributed by atoms with E-state index >= 15 is 0 Å². The molecule has 2 nitrogen and oxygen atoms in total. The fraction of sp³-hybridized carbons (Fsp3) is 0.706. The lowest BCUT2D eigenvalue weighted by Gasteiger charge is -2.24. The van der Waals surface area contributed by atoms with Crippen molar-refractivity contribution in [1.29, 1.82) is 0 Å². The van der Waals surface area contributed by atoms with Crippen LogP contribution >= 0.6 is 50.5 Å². The van der Waals surface area contributed by atoms with E-state index in [4.69, 9.17) is 4.74 Å². The number of hydrogen-bond acceptors (Lipinski definition) is 6. The topological polar surface area (TPSA) is 26.3 Å². The van der Waals surface area contributed by atoms with E-state index in [-0.39, 0.29) is 5.97 Å². The van der Waals surface area contributed by atoms with Gasteiger partial charge in [0.2, 0.25) is 0 Å². The molecule has 3 unspecified atom stereocenters. The van der Waals surface area contributed by atoms with Crippen LogP contribution in [0.2, 0.25) is 0 Å². The van der Waals surface area contributed by atoms with Crippen LogP contribution in [-0.4, -0.2) is 35.6 Å². The third-order valence-corrected chi connectivity index (χ3v) is 5.72. The van der Waals surface area contributed by atoms with Crippen LogP contribution in [0.25, 0.3) is 0 Å². The predicted molar refractivity (Wildman–Crippen MR) is 115 cm³/mol. The first-order valence-corrected chi connectivity index (χ1v) is 10.5. The van der Waals surface area contributed by atoms with Gasteiger partial charge in [-0.1, -0.05) is 19.1 Å². The standard InChI is InChI=1S/C17H30O2S4/c1-3-19-17(18)8-15(11-22)6-4-5-14(10-21)7-16(12-23)13(2)9-20/h4,6,8,13-14,16,20-23H,3,5,7,9-12H2,1-2H3. The zero-order valence-electron chi connectivity index (χ0n) is 14.0. The SMILES string of the molecule is CCOC(=O)C=C(C=CCC(CS)CC(CS)C(C)CS)CS. The smallest absolute Gasteiger partial charge is 0.331 e. The molecule has 0 fully saturated rings. The maximum absolute atomic E-state index is 11.5. The Kier molecular flexibility index (Phi) is 14.9. The van der Waals surface area contributed by atoms with Gasteiger partial charge in [-0.15, -0.1) is 0 Å². The monoisotopic (exact) mass is 394 g/mol. The van der Waals surface area contributed by atoms with Crippen LogP contribution < -0.4 is 0 Å². The highest BCUT2D eigenvalue weighted by Gasteiger charge is 2.18. The Balaban J connectivity index is 4.60. The van der Waals surface area contributed by atoms with E-state index in [0.29, 0.717) is 30.1 Å². The molecule has 0 amide bonds. The van der Waals surface area contributed by atoms with Gasteiger partial charge >= 0.3 is 5.97 Å². The molecule has 0 rings (SSSR count). The quantitative estimate of drug-likeness (QED) is 0.171. The number of thiol groups is 4. The van der Waals surface area contributed by atoms with Crippen molar-refractivity contribution in [3.8, 4) is 0 Å². The minimum absolute atomic E-state index is 0.315. The molecule has 0 radical (unpaired) electrons. The number of rotatable bonds is 12. The zero-order valence-corrected chi connectivity index (χ0v) is 17.6. The molecule has 0 aromatic rings. The molecule has 0 saturated carbocycles. The number of carbonyl (C=O) groups is 1. The Morgan fingerprint density at radius 1 is 1.13 bits per heavy atom. The number of carbonyl (C=O) groups excluding carboxylic acids is 1. The minimum Gasteiger partial charge on any atom is -0.463 e. The zero-order chi connectivity index (χ0) is 17.7. The average Bonchev–Trinajstić information content (AvgIpc) is 2.56. The average molecular weight is 395 g/mol. The van der Waals surface area contributed by atoms with Crippen LogP contribution in [0, 0.1) is 17.8 Å². The van der Waals surface area contributed by atoms with E-state index < -0.39 is 0 Å². The van der Waals surface area contributed by atoms with Gasteiger partial charge < -0.3 is 4.74 Å². The molecule has 23 heavy (non-hydrogen) atoms. The molecule has 3 atom stereocenters. The van der Waals surface area contributed by atoms with Crippen molar-refractivity contribution < 1.29 is 9.53 Å². The summed E-state index contributed by atoms with van der Waals surface area (Å²) in [5.41, 5.74) is 0.860. The maximum atomic E-state index is 11.5. The van der Waals surface area contributed by atoms with E-state index in [2.05, 4.69) is 63.5 Å². The number of allylic oxidation sites excluding steroid dienone is 2. The highest BCUT2D eigenvalue weighted by molar-refractivity contribution is 7.80. The Labute approximate surface area is 163 Å². The van der Waals surface area contributed by atoms with Crippen LogP contribution in [0.3, 0.4) is 0 Å². The summed E-state index contributed by atoms with van der Waals surface area (Å²) in [6.45, 7) is 4.40. The molecule has 0 saturated heterocycles. The Hall–Kier alpha value is 0.350. The fourth-order valence-electron chi connectivity index (χ4n) is 2.20. The molecule has 0 spiro atoms. The van der Waals surface area contributed by atoms with Gasteiger partial charge in [0.1, 0.15) is 0 Å². The van der Waals surface area contributed by atoms with E-state index in [1.54, 1.807) is 6.92 Å². The summed E-state index contributed by atoms with van der Waals surface area (Å²) in [6.07, 6.45) is 7.58. The van der Waals surface area contributed by atoms with Crippen molar-refractivity contribution in [2.24, 2.45) is 17.8 Å². The summed E-state index contributed by atoms with van der Waals surface area (Å²) in [4.78, 5) is 11.5. The summed E-state index contributed by atoms with van der Waals surface area (Å²) in [5.74, 6) is 4.40. The lowest BCUT2D eigenvalue weighted by Crippen LogP contribution is -2.19. The molecule has 0 heterocycles. The lowest BCUT2D eigenvalue weighted by molar-refractivity contribution is -0.137. The van der Waals surface area contributed by atoms with Crippen molar-refractivity contribution >= 4 is 56.5 Å². The second kappa shape index (κ2) is 14.7. The first-order valence-electron chi connectivity index (χ1n) is 7.99. The molecule has 0 bridgehead atoms. The Morgan fingerprint density at radius 2 is 1.83 bits per heavy atom. The highest BCUT2D eigenvalue weighted by Crippen LogP contribution is 2.26. The molecule has 0 aliphatic heterocycles. The molecule has 6 heteroatoms. The number of esters is 1. The van der Waals surface area contributed by atoms with Gasteiger partial charge in [-0.25, -0.2) is 4.79 Å². The summed E-state index contributed by atoms with van der Waals surface area (Å²) >= 11 is 17.6. The summed E-state index contributed by atoms with van der Waals surface area (Å²) in [6, 6.07) is 0. The largest absolute Gasteiger partial charge is 0.463 e. The van der Waals surface area contributed by atoms with Crippen LogP contribution in [0.5, 0.6) is 0 Å². The summed E-state index contributed by atoms with van der Waals surface area (Å²) < 4.78 is 4.92. The van der Waals surface area contributed by atoms with Crippen molar-refractivity contribution in [2.45, 2.75) is 26.7 Å². The molecule has 0 aliphatic rings. The summed E-state index contributed by atoms with van der Waals surface area (Å²) in [7, 11) is 0. The summed E-state index contributed by atoms with van der Waals surface area (Å²) in [5, 5.41) is 0. The lowest BCUT2D eigenvalue weighted by atomic mass is 9.87. The minimum atomic E-state index is -0.315. The fourth-order valence-corrected chi connectivity index (χ4v) is 3.50. The van der Waals surface area contributed by atoms with Gasteiger partial charge in [-0.3, -0.25) is 0 Å². The normalized spacial score (nSPS) is 16.3. The van der Waals surface area contributed by atoms with Gasteiger partial charge in [0.15, 0.2) is 0 Å². The highest BCUT2D eigenvalue weighted by atomic mass is 32.1. The number of hydrogen-bond donors (Lipinski definition) is 4. The van der Waals surface area contributed by atoms with Gasteiger partial charge in [0.05, 0.1) is 6.61 Å². The van der Waals surface area contributed by atoms with Crippen molar-refractivity contribution in [3.63, 3.8) is 0 Å². The first kappa shape index (κ1) is 23.4. The van der Waals surface area contributed by atoms with E-state index in [1.165, 1.54) is 6.08 Å². The molecular weight excluding hydrogens is 364 g/mol. The van der Waals surface area contributed by atoms with Crippen molar-refractivity contribution in [2.75, 3.05) is 29.6 Å². The molecule has 0 aliphatic carbocycles. The van der Waals surface area contributed by atoms with Gasteiger partial charge in [0.25, 0.3) is 0 Å². The number of ether oxygens (including phenoxy) is 1. The van der Waals surface area contributed by atoms with Crippen LogP contribution in [-0.2, 0) is 9.53 Å². The van der Waals surface area contributed by atoms with E-state index in [0.717, 1.165) is 35.7 Å². The van der Waals surface area contributed by atoms with E-state index in [9.17, 15) is 4.79 Å². The van der Waals surface area contributed by atoms with Crippen LogP contribution in [0.1, 0.15) is 26.7 Å². The second-order valence-corrected chi connectivity index (χ2v) is 7.07. The second-order valence-electron chi connectivity index (χ2n) is 5.65. The first-order chi connectivity index (χ1) is 11.0.